The lowest BCUT2D eigenvalue weighted by atomic mass is 10.1. The molecule has 1 aromatic carbocycles. The lowest BCUT2D eigenvalue weighted by Crippen LogP contribution is -2.31. The summed E-state index contributed by atoms with van der Waals surface area (Å²) < 4.78 is 0. The summed E-state index contributed by atoms with van der Waals surface area (Å²) in [7, 11) is 0. The van der Waals surface area contributed by atoms with Crippen LogP contribution in [0.25, 0.3) is 0 Å². The molecule has 5 nitrogen and oxygen atoms in total. The number of carbonyl (C=O) groups excluding carboxylic acids is 1. The fourth-order valence-electron chi connectivity index (χ4n) is 2.87. The van der Waals surface area contributed by atoms with Crippen LogP contribution >= 0.6 is 23.4 Å². The first-order valence-corrected chi connectivity index (χ1v) is 10.7. The summed E-state index contributed by atoms with van der Waals surface area (Å²) in [5, 5.41) is 4.14. The number of hydrogen-bond donors (Lipinski definition) is 1. The molecule has 2 aromatic rings. The number of carbonyl (C=O) groups is 1. The van der Waals surface area contributed by atoms with Gasteiger partial charge in [0.15, 0.2) is 5.16 Å². The van der Waals surface area contributed by atoms with Crippen LogP contribution < -0.4 is 10.2 Å². The summed E-state index contributed by atoms with van der Waals surface area (Å²) in [6.07, 6.45) is 3.31. The third-order valence-corrected chi connectivity index (χ3v) is 5.78. The van der Waals surface area contributed by atoms with Gasteiger partial charge in [0, 0.05) is 36.5 Å². The molecule has 0 spiro atoms. The van der Waals surface area contributed by atoms with E-state index in [0.29, 0.717) is 15.9 Å². The zero-order valence-corrected chi connectivity index (χ0v) is 17.3. The molecule has 7 heteroatoms. The number of nitrogens with zero attached hydrogens (tertiary/aromatic N) is 3. The van der Waals surface area contributed by atoms with E-state index in [9.17, 15) is 4.79 Å². The minimum atomic E-state index is -0.0306. The first-order chi connectivity index (χ1) is 13.0. The molecule has 1 aliphatic heterocycles. The van der Waals surface area contributed by atoms with Crippen molar-refractivity contribution in [1.29, 1.82) is 0 Å². The molecule has 1 unspecified atom stereocenters. The Hall–Kier alpha value is -1.79. The second-order valence-corrected chi connectivity index (χ2v) is 8.12. The SMILES string of the molecule is CCC(C)NC(=O)c1ccc(CSc2nc(Cl)cc(N3CCCC3)n2)cc1. The minimum absolute atomic E-state index is 0.0306. The van der Waals surface area contributed by atoms with E-state index in [2.05, 4.69) is 27.1 Å². The molecule has 1 amide bonds. The van der Waals surface area contributed by atoms with Crippen LogP contribution in [0.5, 0.6) is 0 Å². The Morgan fingerprint density at radius 3 is 2.63 bits per heavy atom. The summed E-state index contributed by atoms with van der Waals surface area (Å²) in [5.74, 6) is 1.61. The van der Waals surface area contributed by atoms with Crippen LogP contribution in [0.3, 0.4) is 0 Å². The normalized spacial score (nSPS) is 15.0. The van der Waals surface area contributed by atoms with E-state index < -0.39 is 0 Å². The minimum Gasteiger partial charge on any atom is -0.356 e. The second kappa shape index (κ2) is 9.42. The Labute approximate surface area is 169 Å². The van der Waals surface area contributed by atoms with Gasteiger partial charge in [-0.1, -0.05) is 42.4 Å². The van der Waals surface area contributed by atoms with Gasteiger partial charge in [-0.05, 0) is 43.9 Å². The van der Waals surface area contributed by atoms with Crippen LogP contribution in [-0.4, -0.2) is 35.0 Å². The smallest absolute Gasteiger partial charge is 0.251 e. The zero-order valence-electron chi connectivity index (χ0n) is 15.7. The lowest BCUT2D eigenvalue weighted by molar-refractivity contribution is 0.0939. The molecule has 2 heterocycles. The molecule has 27 heavy (non-hydrogen) atoms. The first kappa shape index (κ1) is 20.0. The monoisotopic (exact) mass is 404 g/mol. The van der Waals surface area contributed by atoms with Crippen molar-refractivity contribution in [2.24, 2.45) is 0 Å². The second-order valence-electron chi connectivity index (χ2n) is 6.79. The maximum atomic E-state index is 12.1. The number of benzene rings is 1. The van der Waals surface area contributed by atoms with Crippen LogP contribution in [0.4, 0.5) is 5.82 Å². The third-order valence-electron chi connectivity index (χ3n) is 4.66. The summed E-state index contributed by atoms with van der Waals surface area (Å²) in [6, 6.07) is 9.69. The van der Waals surface area contributed by atoms with Gasteiger partial charge in [-0.25, -0.2) is 9.97 Å². The molecular weight excluding hydrogens is 380 g/mol. The summed E-state index contributed by atoms with van der Waals surface area (Å²) in [6.45, 7) is 6.11. The maximum absolute atomic E-state index is 12.1. The Morgan fingerprint density at radius 2 is 1.96 bits per heavy atom. The Bertz CT molecular complexity index is 778. The summed E-state index contributed by atoms with van der Waals surface area (Å²) >= 11 is 7.74. The number of nitrogens with one attached hydrogen (secondary N) is 1. The Balaban J connectivity index is 1.60. The zero-order chi connectivity index (χ0) is 19.2. The molecule has 0 radical (unpaired) electrons. The highest BCUT2D eigenvalue weighted by Gasteiger charge is 2.16. The van der Waals surface area contributed by atoms with Crippen LogP contribution in [0.15, 0.2) is 35.5 Å². The molecule has 144 valence electrons. The number of hydrogen-bond acceptors (Lipinski definition) is 5. The number of amides is 1. The molecule has 0 aliphatic carbocycles. The van der Waals surface area contributed by atoms with Crippen LogP contribution in [0.2, 0.25) is 5.15 Å². The van der Waals surface area contributed by atoms with Crippen LogP contribution in [0.1, 0.15) is 49.0 Å². The molecule has 1 aromatic heterocycles. The molecule has 1 saturated heterocycles. The molecule has 0 bridgehead atoms. The van der Waals surface area contributed by atoms with E-state index in [0.717, 1.165) is 36.6 Å². The molecular formula is C20H25ClN4OS. The highest BCUT2D eigenvalue weighted by atomic mass is 35.5. The van der Waals surface area contributed by atoms with Crippen molar-refractivity contribution in [1.82, 2.24) is 15.3 Å². The molecule has 3 rings (SSSR count). The van der Waals surface area contributed by atoms with E-state index >= 15 is 0 Å². The van der Waals surface area contributed by atoms with Gasteiger partial charge in [-0.15, -0.1) is 0 Å². The fraction of sp³-hybridized carbons (Fsp3) is 0.450. The molecule has 1 aliphatic rings. The van der Waals surface area contributed by atoms with Gasteiger partial charge in [0.1, 0.15) is 11.0 Å². The van der Waals surface area contributed by atoms with Crippen LogP contribution in [0, 0.1) is 0 Å². The fourth-order valence-corrected chi connectivity index (χ4v) is 3.90. The van der Waals surface area contributed by atoms with Crippen molar-refractivity contribution in [2.45, 2.75) is 50.1 Å². The van der Waals surface area contributed by atoms with Gasteiger partial charge < -0.3 is 10.2 Å². The third kappa shape index (κ3) is 5.59. The molecule has 1 N–H and O–H groups in total. The predicted molar refractivity (Wildman–Crippen MR) is 112 cm³/mol. The average molecular weight is 405 g/mol. The van der Waals surface area contributed by atoms with Crippen molar-refractivity contribution >= 4 is 35.1 Å². The molecule has 1 atom stereocenters. The van der Waals surface area contributed by atoms with Crippen molar-refractivity contribution in [2.75, 3.05) is 18.0 Å². The van der Waals surface area contributed by atoms with E-state index in [1.54, 1.807) is 11.8 Å². The molecule has 0 saturated carbocycles. The number of halogens is 1. The Kier molecular flexibility index (Phi) is 6.96. The van der Waals surface area contributed by atoms with Crippen molar-refractivity contribution < 1.29 is 4.79 Å². The van der Waals surface area contributed by atoms with Crippen molar-refractivity contribution in [3.8, 4) is 0 Å². The van der Waals surface area contributed by atoms with E-state index in [4.69, 9.17) is 11.6 Å². The summed E-state index contributed by atoms with van der Waals surface area (Å²) in [5.41, 5.74) is 1.80. The van der Waals surface area contributed by atoms with E-state index in [1.165, 1.54) is 12.8 Å². The van der Waals surface area contributed by atoms with Gasteiger partial charge >= 0.3 is 0 Å². The lowest BCUT2D eigenvalue weighted by Gasteiger charge is -2.16. The highest BCUT2D eigenvalue weighted by Crippen LogP contribution is 2.26. The number of thioether (sulfide) groups is 1. The largest absolute Gasteiger partial charge is 0.356 e. The number of anilines is 1. The average Bonchev–Trinajstić information content (AvgIpc) is 3.21. The van der Waals surface area contributed by atoms with Gasteiger partial charge in [0.2, 0.25) is 0 Å². The topological polar surface area (TPSA) is 58.1 Å². The first-order valence-electron chi connectivity index (χ1n) is 9.37. The van der Waals surface area contributed by atoms with Gasteiger partial charge in [0.05, 0.1) is 0 Å². The maximum Gasteiger partial charge on any atom is 0.251 e. The Morgan fingerprint density at radius 1 is 1.26 bits per heavy atom. The van der Waals surface area contributed by atoms with E-state index in [-0.39, 0.29) is 11.9 Å². The van der Waals surface area contributed by atoms with Gasteiger partial charge in [-0.3, -0.25) is 4.79 Å². The van der Waals surface area contributed by atoms with Gasteiger partial charge in [-0.2, -0.15) is 0 Å². The van der Waals surface area contributed by atoms with Crippen LogP contribution in [-0.2, 0) is 5.75 Å². The quantitative estimate of drug-likeness (QED) is 0.416. The predicted octanol–water partition coefficient (Wildman–Crippen LogP) is 4.55. The van der Waals surface area contributed by atoms with Gasteiger partial charge in [0.25, 0.3) is 5.91 Å². The number of aromatic nitrogens is 2. The standard InChI is InChI=1S/C20H25ClN4OS/c1-3-14(2)22-19(26)16-8-6-15(7-9-16)13-27-20-23-17(21)12-18(24-20)25-10-4-5-11-25/h6-9,12,14H,3-5,10-11,13H2,1-2H3,(H,22,26). The van der Waals surface area contributed by atoms with Crippen molar-refractivity contribution in [3.63, 3.8) is 0 Å². The van der Waals surface area contributed by atoms with Crippen molar-refractivity contribution in [3.05, 3.63) is 46.6 Å². The van der Waals surface area contributed by atoms with E-state index in [1.807, 2.05) is 37.3 Å². The summed E-state index contributed by atoms with van der Waals surface area (Å²) in [4.78, 5) is 23.4. The number of rotatable bonds is 7. The molecule has 1 fully saturated rings. The highest BCUT2D eigenvalue weighted by molar-refractivity contribution is 7.98.